The number of nitrogens with one attached hydrogen (secondary N) is 4. The zero-order chi connectivity index (χ0) is 45.8. The van der Waals surface area contributed by atoms with E-state index in [2.05, 4.69) is 26.3 Å². The molecule has 6 N–H and O–H groups in total. The molecule has 9 atom stereocenters. The van der Waals surface area contributed by atoms with Gasteiger partial charge >= 0.3 is 5.97 Å². The number of aliphatic hydroxyl groups is 2. The molecule has 2 aliphatic rings. The molecule has 9 unspecified atom stereocenters. The predicted octanol–water partition coefficient (Wildman–Crippen LogP) is -0.314. The first kappa shape index (κ1) is 51.6. The first-order chi connectivity index (χ1) is 28.1. The molecule has 20 heteroatoms. The van der Waals surface area contributed by atoms with Gasteiger partial charge in [-0.25, -0.2) is 4.79 Å². The Bertz CT molecular complexity index is 1650. The number of rotatable bonds is 7. The van der Waals surface area contributed by atoms with E-state index < -0.39 is 114 Å². The van der Waals surface area contributed by atoms with Gasteiger partial charge < -0.3 is 50.9 Å². The van der Waals surface area contributed by atoms with E-state index in [-0.39, 0.29) is 36.8 Å². The molecule has 0 aromatic rings. The summed E-state index contributed by atoms with van der Waals surface area (Å²) in [6.07, 6.45) is -1.24. The van der Waals surface area contributed by atoms with Crippen LogP contribution in [-0.2, 0) is 43.1 Å². The summed E-state index contributed by atoms with van der Waals surface area (Å²) in [5, 5.41) is 32.1. The molecule has 2 heterocycles. The molecule has 0 aromatic carbocycles. The summed E-state index contributed by atoms with van der Waals surface area (Å²) < 4.78 is 5.27. The fourth-order valence-electron chi connectivity index (χ4n) is 6.95. The van der Waals surface area contributed by atoms with E-state index in [4.69, 9.17) is 4.74 Å². The van der Waals surface area contributed by atoms with E-state index >= 15 is 0 Å². The molecule has 2 aliphatic heterocycles. The Hall–Kier alpha value is -4.56. The van der Waals surface area contributed by atoms with Crippen LogP contribution in [0.3, 0.4) is 0 Å². The van der Waals surface area contributed by atoms with Crippen LogP contribution in [0.4, 0.5) is 0 Å². The van der Waals surface area contributed by atoms with Gasteiger partial charge in [0.15, 0.2) is 6.10 Å². The van der Waals surface area contributed by atoms with Crippen LogP contribution >= 0.6 is 11.8 Å². The zero-order valence-electron chi connectivity index (χ0n) is 36.9. The van der Waals surface area contributed by atoms with Crippen molar-refractivity contribution in [3.05, 3.63) is 11.8 Å². The van der Waals surface area contributed by atoms with Gasteiger partial charge in [0.05, 0.1) is 17.2 Å². The number of ether oxygens (including phenoxy) is 1. The Morgan fingerprint density at radius 3 is 1.98 bits per heavy atom. The minimum Gasteiger partial charge on any atom is -0.461 e. The molecule has 0 fully saturated rings. The molecular weight excluding hydrogens is 801 g/mol. The van der Waals surface area contributed by atoms with Crippen molar-refractivity contribution in [2.24, 2.45) is 16.8 Å². The minimum absolute atomic E-state index is 0.0214. The number of hydrogen-bond donors (Lipinski definition) is 6. The maximum absolute atomic E-state index is 14.0. The van der Waals surface area contributed by atoms with E-state index in [1.165, 1.54) is 48.5 Å². The highest BCUT2D eigenvalue weighted by atomic mass is 32.2. The summed E-state index contributed by atoms with van der Waals surface area (Å²) in [7, 11) is 2.84. The third-order valence-corrected chi connectivity index (χ3v) is 11.5. The summed E-state index contributed by atoms with van der Waals surface area (Å²) in [6, 6.07) is -7.78. The van der Waals surface area contributed by atoms with Gasteiger partial charge in [0.2, 0.25) is 29.5 Å². The van der Waals surface area contributed by atoms with Crippen LogP contribution in [0.25, 0.3) is 0 Å². The smallest absolute Gasteiger partial charge is 0.329 e. The molecular formula is C40H66N8O11S. The summed E-state index contributed by atoms with van der Waals surface area (Å²) in [5.41, 5.74) is -0.113. The lowest BCUT2D eigenvalue weighted by molar-refractivity contribution is -0.161. The molecule has 60 heavy (non-hydrogen) atoms. The van der Waals surface area contributed by atoms with Crippen molar-refractivity contribution in [3.8, 4) is 0 Å². The second-order valence-corrected chi connectivity index (χ2v) is 16.8. The van der Waals surface area contributed by atoms with Crippen LogP contribution in [0, 0.1) is 11.8 Å². The first-order valence-corrected chi connectivity index (χ1v) is 21.5. The summed E-state index contributed by atoms with van der Waals surface area (Å²) in [6.45, 7) is 15.5. The number of aliphatic hydroxyl groups excluding tert-OH is 2. The third kappa shape index (κ3) is 13.2. The van der Waals surface area contributed by atoms with Crippen molar-refractivity contribution in [1.29, 1.82) is 0 Å². The molecule has 338 valence electrons. The number of thioether (sulfide) groups is 1. The average Bonchev–Trinajstić information content (AvgIpc) is 3.68. The highest BCUT2D eigenvalue weighted by Crippen LogP contribution is 2.26. The molecule has 2 bridgehead atoms. The van der Waals surface area contributed by atoms with Gasteiger partial charge in [-0.15, -0.1) is 11.8 Å². The van der Waals surface area contributed by atoms with Gasteiger partial charge in [0, 0.05) is 26.4 Å². The highest BCUT2D eigenvalue weighted by Gasteiger charge is 2.40. The van der Waals surface area contributed by atoms with Gasteiger partial charge in [-0.05, 0) is 58.8 Å². The van der Waals surface area contributed by atoms with E-state index in [9.17, 15) is 48.6 Å². The topological polar surface area (TPSA) is 256 Å². The van der Waals surface area contributed by atoms with Gasteiger partial charge in [-0.3, -0.25) is 38.6 Å². The van der Waals surface area contributed by atoms with Crippen LogP contribution in [0.1, 0.15) is 88.5 Å². The molecule has 19 nitrogen and oxygen atoms in total. The van der Waals surface area contributed by atoms with E-state index in [0.717, 1.165) is 4.90 Å². The largest absolute Gasteiger partial charge is 0.461 e. The Balaban J connectivity index is 2.63. The first-order valence-electron chi connectivity index (χ1n) is 20.5. The van der Waals surface area contributed by atoms with E-state index in [1.807, 2.05) is 20.8 Å². The van der Waals surface area contributed by atoms with Crippen molar-refractivity contribution < 1.29 is 53.3 Å². The van der Waals surface area contributed by atoms with Gasteiger partial charge in [0.25, 0.3) is 11.8 Å². The highest BCUT2D eigenvalue weighted by molar-refractivity contribution is 8.14. The van der Waals surface area contributed by atoms with Crippen molar-refractivity contribution in [2.45, 2.75) is 143 Å². The second kappa shape index (κ2) is 23.4. The number of hydrogen-bond acceptors (Lipinski definition) is 13. The average molecular weight is 867 g/mol. The number of fused-ring (bicyclic) bond motifs is 1. The number of amides is 7. The lowest BCUT2D eigenvalue weighted by Crippen LogP contribution is -2.60. The summed E-state index contributed by atoms with van der Waals surface area (Å²) in [5.74, 6) is -6.52. The number of likely N-dealkylation sites (N-methyl/N-ethyl adjacent to an activating group) is 3. The fourth-order valence-corrected chi connectivity index (χ4v) is 8.23. The Morgan fingerprint density at radius 1 is 0.850 bits per heavy atom. The minimum atomic E-state index is -1.92. The van der Waals surface area contributed by atoms with Crippen LogP contribution in [0.15, 0.2) is 16.8 Å². The lowest BCUT2D eigenvalue weighted by atomic mass is 10.0. The molecule has 0 aromatic heterocycles. The quantitative estimate of drug-likeness (QED) is 0.142. The van der Waals surface area contributed by atoms with Gasteiger partial charge in [-0.2, -0.15) is 0 Å². The predicted molar refractivity (Wildman–Crippen MR) is 225 cm³/mol. The number of allylic oxidation sites excluding steroid dienone is 1. The van der Waals surface area contributed by atoms with Gasteiger partial charge in [0.1, 0.15) is 48.6 Å². The number of esters is 1. The third-order valence-electron chi connectivity index (χ3n) is 10.3. The molecule has 7 amide bonds. The molecule has 0 spiro atoms. The molecule has 0 aliphatic carbocycles. The van der Waals surface area contributed by atoms with E-state index in [0.29, 0.717) is 11.5 Å². The van der Waals surface area contributed by atoms with Crippen molar-refractivity contribution >= 4 is 64.1 Å². The number of cyclic esters (lactones) is 1. The van der Waals surface area contributed by atoms with Crippen LogP contribution in [-0.4, -0.2) is 165 Å². The Kier molecular flexibility index (Phi) is 20.2. The van der Waals surface area contributed by atoms with Crippen LogP contribution in [0.2, 0.25) is 0 Å². The number of carbonyl (C=O) groups is 8. The van der Waals surface area contributed by atoms with Gasteiger partial charge in [-0.1, -0.05) is 47.6 Å². The van der Waals surface area contributed by atoms with Crippen molar-refractivity contribution in [3.63, 3.8) is 0 Å². The standard InChI is InChI=1S/C40H66N8O11S/c1-13-24-38(56)48(16-4)27(14-2)34(53)45-30(23(10)49)39(57)47(12)31(21(7)8)40(58)59-18-29(50)35(54)41-22(9)32(51)43-25(17-20(5)6)37(55)46(11)28(15-3)36-44-26(19-60-36)33(52)42-24/h13,20-23,25-31,49-50H,14-19H2,1-12H3,(H,41,54)(H,42,52)(H,43,51)(H,45,53). The summed E-state index contributed by atoms with van der Waals surface area (Å²) in [4.78, 5) is 117. The second-order valence-electron chi connectivity index (χ2n) is 15.8. The lowest BCUT2D eigenvalue weighted by Gasteiger charge is -2.35. The number of carbonyl (C=O) groups excluding carboxylic acids is 8. The van der Waals surface area contributed by atoms with Crippen molar-refractivity contribution in [1.82, 2.24) is 36.0 Å². The monoisotopic (exact) mass is 866 g/mol. The van der Waals surface area contributed by atoms with Crippen molar-refractivity contribution in [2.75, 3.05) is 33.0 Å². The molecule has 0 saturated heterocycles. The Morgan fingerprint density at radius 2 is 1.47 bits per heavy atom. The normalized spacial score (nSPS) is 29.4. The van der Waals surface area contributed by atoms with Crippen LogP contribution < -0.4 is 21.3 Å². The molecule has 2 rings (SSSR count). The summed E-state index contributed by atoms with van der Waals surface area (Å²) >= 11 is 1.29. The van der Waals surface area contributed by atoms with Crippen LogP contribution in [0.5, 0.6) is 0 Å². The number of nitrogens with zero attached hydrogens (tertiary/aromatic N) is 4. The fraction of sp³-hybridized carbons (Fsp3) is 0.725. The zero-order valence-corrected chi connectivity index (χ0v) is 37.8. The Labute approximate surface area is 357 Å². The van der Waals surface area contributed by atoms with E-state index in [1.54, 1.807) is 41.7 Å². The maximum Gasteiger partial charge on any atom is 0.329 e. The SMILES string of the molecule is CC=C1NC(=O)C2CSC(=N2)C(CC)N(C)C(=O)C(CC(C)C)NC(=O)C(C)NC(=O)C(O)COC(=O)C(C(C)C)N(C)C(=O)C(C(C)O)NC(=O)C(CC)N(CC)C1=O. The maximum atomic E-state index is 14.0. The number of aliphatic imine (C=N–C) groups is 1. The molecule has 0 radical (unpaired) electrons. The molecule has 0 saturated carbocycles.